The number of benzene rings is 3. The third-order valence-electron chi connectivity index (χ3n) is 13.7. The van der Waals surface area contributed by atoms with E-state index in [1.54, 1.807) is 63.9 Å². The summed E-state index contributed by atoms with van der Waals surface area (Å²) in [7, 11) is 0. The maximum absolute atomic E-state index is 14.4. The summed E-state index contributed by atoms with van der Waals surface area (Å²) in [6.07, 6.45) is 8.50. The number of rotatable bonds is 9. The van der Waals surface area contributed by atoms with E-state index in [0.29, 0.717) is 71.7 Å². The van der Waals surface area contributed by atoms with Crippen LogP contribution in [0.25, 0.3) is 77.3 Å². The Morgan fingerprint density at radius 3 is 1.91 bits per heavy atom. The predicted octanol–water partition coefficient (Wildman–Crippen LogP) is 8.88. The molecule has 12 rings (SSSR count). The van der Waals surface area contributed by atoms with Gasteiger partial charge in [0.05, 0.1) is 28.7 Å². The molecule has 14 nitrogen and oxygen atoms in total. The molecule has 0 unspecified atom stereocenters. The summed E-state index contributed by atoms with van der Waals surface area (Å²) >= 11 is 6.72. The molecule has 334 valence electrons. The number of nitrogens with zero attached hydrogens (tertiary/aromatic N) is 4. The number of nitrogens with one attached hydrogen (secondary N) is 3. The number of carbonyl (C=O) groups is 2. The Bertz CT molecular complexity index is 4050. The lowest BCUT2D eigenvalue weighted by molar-refractivity contribution is 0.0676. The molecule has 3 aromatic carbocycles. The number of H-pyrrole nitrogens is 3. The number of aryl methyl sites for hydroxylation is 4. The van der Waals surface area contributed by atoms with Crippen molar-refractivity contribution in [3.05, 3.63) is 184 Å². The Hall–Kier alpha value is -8.36. The van der Waals surface area contributed by atoms with Gasteiger partial charge in [0, 0.05) is 85.7 Å². The Morgan fingerprint density at radius 2 is 1.28 bits per heavy atom. The molecule has 0 aliphatic heterocycles. The van der Waals surface area contributed by atoms with Crippen LogP contribution in [0.3, 0.4) is 0 Å². The van der Waals surface area contributed by atoms with Crippen molar-refractivity contribution in [2.45, 2.75) is 51.6 Å². The quantitative estimate of drug-likeness (QED) is 0.0875. The first kappa shape index (κ1) is 41.1. The largest absolute Gasteiger partial charge is 0.477 e. The van der Waals surface area contributed by atoms with E-state index in [1.165, 1.54) is 12.3 Å². The molecule has 0 atom stereocenters. The molecule has 0 saturated carbocycles. The lowest BCUT2D eigenvalue weighted by Gasteiger charge is -2.14. The molecular formula is C53H38ClN7O7. The van der Waals surface area contributed by atoms with E-state index in [4.69, 9.17) is 11.6 Å². The first-order valence-corrected chi connectivity index (χ1v) is 22.7. The predicted molar refractivity (Wildman–Crippen MR) is 260 cm³/mol. The Balaban J connectivity index is 0.964. The third kappa shape index (κ3) is 6.58. The van der Waals surface area contributed by atoms with Crippen LogP contribution in [0.15, 0.2) is 118 Å². The van der Waals surface area contributed by atoms with Crippen LogP contribution in [0, 0.1) is 0 Å². The molecule has 68 heavy (non-hydrogen) atoms. The highest BCUT2D eigenvalue weighted by Gasteiger charge is 2.30. The monoisotopic (exact) mass is 919 g/mol. The molecule has 7 heterocycles. The Morgan fingerprint density at radius 1 is 0.647 bits per heavy atom. The molecule has 2 aliphatic carbocycles. The zero-order chi connectivity index (χ0) is 46.5. The smallest absolute Gasteiger partial charge is 0.353 e. The fourth-order valence-corrected chi connectivity index (χ4v) is 11.0. The summed E-state index contributed by atoms with van der Waals surface area (Å²) in [4.78, 5) is 84.8. The van der Waals surface area contributed by atoms with Crippen molar-refractivity contribution < 1.29 is 19.8 Å². The number of aromatic carboxylic acids is 2. The summed E-state index contributed by atoms with van der Waals surface area (Å²) in [6, 6.07) is 26.8. The fraction of sp³-hybridized carbons (Fsp3) is 0.151. The second-order valence-corrected chi connectivity index (χ2v) is 18.0. The Kier molecular flexibility index (Phi) is 9.45. The van der Waals surface area contributed by atoms with Gasteiger partial charge in [-0.05, 0) is 139 Å². The number of fused-ring (bicyclic) bond motifs is 6. The number of hydrogen-bond acceptors (Lipinski definition) is 7. The molecule has 0 radical (unpaired) electrons. The molecule has 0 saturated heterocycles. The van der Waals surface area contributed by atoms with Gasteiger partial charge in [0.2, 0.25) is 5.56 Å². The first-order chi connectivity index (χ1) is 33.0. The van der Waals surface area contributed by atoms with Crippen LogP contribution < -0.4 is 16.7 Å². The number of aromatic amines is 3. The zero-order valence-electron chi connectivity index (χ0n) is 36.1. The highest BCUT2D eigenvalue weighted by atomic mass is 35.5. The normalized spacial score (nSPS) is 13.2. The summed E-state index contributed by atoms with van der Waals surface area (Å²) in [5.41, 5.74) is 9.39. The molecule has 7 aromatic heterocycles. The summed E-state index contributed by atoms with van der Waals surface area (Å²) in [5.74, 6) is -2.41. The zero-order valence-corrected chi connectivity index (χ0v) is 36.8. The molecule has 0 bridgehead atoms. The van der Waals surface area contributed by atoms with Crippen molar-refractivity contribution in [2.24, 2.45) is 0 Å². The van der Waals surface area contributed by atoms with Crippen LogP contribution in [-0.2, 0) is 38.8 Å². The lowest BCUT2D eigenvalue weighted by atomic mass is 9.99. The van der Waals surface area contributed by atoms with E-state index in [0.717, 1.165) is 60.8 Å². The molecule has 10 aromatic rings. The number of hydrogen-bond donors (Lipinski definition) is 5. The highest BCUT2D eigenvalue weighted by molar-refractivity contribution is 6.30. The standard InChI is InChI=1S/C53H38ClN7O7/c54-43-22-31(24-60-41-20-28-7-1-5-26(28)17-36(41)45(48(60)52(65)66)34-9-3-16-56-50(34)63)33-12-11-30(19-40(33)57-43)38-14-13-35(51(64)59-38)46-37-18-27-6-2-8-29(27)21-42(37)61(49(46)53(67)68)25-32-23-44(62)58-39-10-4-15-55-47(32)39/h3-4,9-23H,1-2,5-8,24-25H2,(H,56,63)(H,58,62)(H,59,64)(H,65,66)(H,67,68). The van der Waals surface area contributed by atoms with Crippen molar-refractivity contribution in [1.29, 1.82) is 0 Å². The lowest BCUT2D eigenvalue weighted by Crippen LogP contribution is -2.16. The van der Waals surface area contributed by atoms with E-state index in [9.17, 15) is 34.2 Å². The minimum atomic E-state index is -1.23. The Labute approximate surface area is 389 Å². The molecule has 2 aliphatic rings. The van der Waals surface area contributed by atoms with Crippen LogP contribution in [0.1, 0.15) is 67.2 Å². The van der Waals surface area contributed by atoms with Crippen LogP contribution >= 0.6 is 11.6 Å². The van der Waals surface area contributed by atoms with Crippen LogP contribution in [0.4, 0.5) is 0 Å². The molecule has 0 amide bonds. The average molecular weight is 920 g/mol. The van der Waals surface area contributed by atoms with Gasteiger partial charge in [-0.15, -0.1) is 0 Å². The van der Waals surface area contributed by atoms with Crippen LogP contribution in [0.5, 0.6) is 0 Å². The van der Waals surface area contributed by atoms with Crippen LogP contribution in [0.2, 0.25) is 5.15 Å². The van der Waals surface area contributed by atoms with E-state index >= 15 is 0 Å². The topological polar surface area (TPSA) is 209 Å². The summed E-state index contributed by atoms with van der Waals surface area (Å²) in [6.45, 7) is 0.120. The number of carboxylic acid groups (broad SMARTS) is 2. The maximum atomic E-state index is 14.4. The van der Waals surface area contributed by atoms with Gasteiger partial charge in [0.25, 0.3) is 11.1 Å². The van der Waals surface area contributed by atoms with Gasteiger partial charge < -0.3 is 34.3 Å². The average Bonchev–Trinajstić information content (AvgIpc) is 4.11. The van der Waals surface area contributed by atoms with Gasteiger partial charge >= 0.3 is 11.9 Å². The number of aromatic nitrogens is 7. The van der Waals surface area contributed by atoms with Gasteiger partial charge in [-0.2, -0.15) is 0 Å². The third-order valence-corrected chi connectivity index (χ3v) is 13.9. The van der Waals surface area contributed by atoms with E-state index < -0.39 is 23.1 Å². The SMILES string of the molecule is O=C(O)c1c(-c2ccc[nH]c2=O)c2cc3c(cc2n1Cc1cc(Cl)nc2cc(-c4ccc(-c5c(C(=O)O)n(Cc6cc(=O)[nH]c7cccnc67)c6cc7c(cc56)CCC7)c(=O)[nH]4)ccc12)CCC3. The molecule has 0 fully saturated rings. The van der Waals surface area contributed by atoms with Crippen LogP contribution in [-0.4, -0.2) is 56.2 Å². The van der Waals surface area contributed by atoms with Gasteiger partial charge in [0.1, 0.15) is 16.5 Å². The number of carboxylic acids is 2. The summed E-state index contributed by atoms with van der Waals surface area (Å²) < 4.78 is 3.41. The first-order valence-electron chi connectivity index (χ1n) is 22.3. The van der Waals surface area contributed by atoms with Gasteiger partial charge in [-0.3, -0.25) is 19.4 Å². The van der Waals surface area contributed by atoms with E-state index in [1.807, 2.05) is 36.4 Å². The second-order valence-electron chi connectivity index (χ2n) is 17.6. The molecule has 15 heteroatoms. The highest BCUT2D eigenvalue weighted by Crippen LogP contribution is 2.41. The molecular weight excluding hydrogens is 882 g/mol. The maximum Gasteiger partial charge on any atom is 0.353 e. The minimum Gasteiger partial charge on any atom is -0.477 e. The van der Waals surface area contributed by atoms with Crippen molar-refractivity contribution in [1.82, 2.24) is 34.1 Å². The van der Waals surface area contributed by atoms with Crippen molar-refractivity contribution in [2.75, 3.05) is 0 Å². The van der Waals surface area contributed by atoms with Gasteiger partial charge in [-0.1, -0.05) is 23.7 Å². The molecule has 5 N–H and O–H groups in total. The fourth-order valence-electron chi connectivity index (χ4n) is 10.8. The van der Waals surface area contributed by atoms with Crippen molar-refractivity contribution in [3.8, 4) is 33.5 Å². The van der Waals surface area contributed by atoms with E-state index in [2.05, 4.69) is 24.9 Å². The van der Waals surface area contributed by atoms with Crippen molar-refractivity contribution in [3.63, 3.8) is 0 Å². The van der Waals surface area contributed by atoms with Crippen molar-refractivity contribution >= 4 is 67.3 Å². The summed E-state index contributed by atoms with van der Waals surface area (Å²) in [5, 5.41) is 23.9. The number of halogens is 1. The van der Waals surface area contributed by atoms with Gasteiger partial charge in [-0.25, -0.2) is 14.6 Å². The van der Waals surface area contributed by atoms with Gasteiger partial charge in [0.15, 0.2) is 0 Å². The minimum absolute atomic E-state index is 0.0184. The number of pyridine rings is 5. The van der Waals surface area contributed by atoms with E-state index in [-0.39, 0.29) is 51.9 Å². The second kappa shape index (κ2) is 15.6. The molecule has 0 spiro atoms.